The number of hydrogen-bond acceptors (Lipinski definition) is 4. The molecule has 2 atom stereocenters. The van der Waals surface area contributed by atoms with Crippen LogP contribution in [-0.2, 0) is 9.47 Å². The number of hydrogen-bond donors (Lipinski definition) is 1. The van der Waals surface area contributed by atoms with Crippen molar-refractivity contribution in [2.45, 2.75) is 25.9 Å². The van der Waals surface area contributed by atoms with Gasteiger partial charge in [-0.1, -0.05) is 6.92 Å². The van der Waals surface area contributed by atoms with Gasteiger partial charge in [0, 0.05) is 19.7 Å². The zero-order chi connectivity index (χ0) is 11.9. The topological polar surface area (TPSA) is 33.7 Å². The number of likely N-dealkylation sites (N-methyl/N-ethyl adjacent to an activating group) is 1. The minimum atomic E-state index is 0.283. The molecular weight excluding hydrogens is 216 g/mol. The van der Waals surface area contributed by atoms with E-state index in [0.29, 0.717) is 0 Å². The van der Waals surface area contributed by atoms with Crippen LogP contribution < -0.4 is 5.32 Å². The number of rotatable bonds is 6. The van der Waals surface area contributed by atoms with Crippen molar-refractivity contribution in [3.8, 4) is 0 Å². The van der Waals surface area contributed by atoms with Crippen molar-refractivity contribution in [3.63, 3.8) is 0 Å². The van der Waals surface area contributed by atoms with Gasteiger partial charge >= 0.3 is 0 Å². The molecule has 0 spiro atoms. The molecule has 0 aliphatic carbocycles. The van der Waals surface area contributed by atoms with Gasteiger partial charge in [0.1, 0.15) is 0 Å². The lowest BCUT2D eigenvalue weighted by Crippen LogP contribution is -2.44. The summed E-state index contributed by atoms with van der Waals surface area (Å²) in [4.78, 5) is 2.43. The highest BCUT2D eigenvalue weighted by molar-refractivity contribution is 4.72. The van der Waals surface area contributed by atoms with Crippen molar-refractivity contribution >= 4 is 0 Å². The summed E-state index contributed by atoms with van der Waals surface area (Å²) < 4.78 is 11.5. The number of nitrogens with zero attached hydrogens (tertiary/aromatic N) is 1. The van der Waals surface area contributed by atoms with Crippen LogP contribution >= 0.6 is 0 Å². The first-order valence-electron chi connectivity index (χ1n) is 7.01. The van der Waals surface area contributed by atoms with Gasteiger partial charge in [0.25, 0.3) is 0 Å². The monoisotopic (exact) mass is 242 g/mol. The maximum Gasteiger partial charge on any atom is 0.0935 e. The highest BCUT2D eigenvalue weighted by atomic mass is 16.5. The summed E-state index contributed by atoms with van der Waals surface area (Å²) in [5.41, 5.74) is 0. The van der Waals surface area contributed by atoms with Crippen molar-refractivity contribution in [1.82, 2.24) is 10.2 Å². The third-order valence-electron chi connectivity index (χ3n) is 3.81. The fraction of sp³-hybridized carbons (Fsp3) is 1.00. The van der Waals surface area contributed by atoms with Crippen LogP contribution in [-0.4, -0.2) is 63.5 Å². The van der Waals surface area contributed by atoms with E-state index in [1.54, 1.807) is 0 Å². The molecule has 2 unspecified atom stereocenters. The second-order valence-corrected chi connectivity index (χ2v) is 5.11. The second kappa shape index (κ2) is 7.31. The first-order chi connectivity index (χ1) is 8.38. The van der Waals surface area contributed by atoms with Crippen LogP contribution in [0.4, 0.5) is 0 Å². The molecule has 0 saturated carbocycles. The molecule has 0 bridgehead atoms. The Morgan fingerprint density at radius 3 is 3.18 bits per heavy atom. The Balaban J connectivity index is 1.52. The molecule has 1 N–H and O–H groups in total. The summed E-state index contributed by atoms with van der Waals surface area (Å²) in [5.74, 6) is 0.828. The van der Waals surface area contributed by atoms with E-state index in [-0.39, 0.29) is 6.10 Å². The predicted octanol–water partition coefficient (Wildman–Crippen LogP) is 0.723. The average Bonchev–Trinajstić information content (AvgIpc) is 2.88. The first-order valence-corrected chi connectivity index (χ1v) is 7.01. The van der Waals surface area contributed by atoms with Gasteiger partial charge in [0.15, 0.2) is 0 Å². The lowest BCUT2D eigenvalue weighted by atomic mass is 10.1. The Hall–Kier alpha value is -0.160. The van der Waals surface area contributed by atoms with Crippen LogP contribution in [0.2, 0.25) is 0 Å². The lowest BCUT2D eigenvalue weighted by Gasteiger charge is -2.31. The third-order valence-corrected chi connectivity index (χ3v) is 3.81. The van der Waals surface area contributed by atoms with Crippen molar-refractivity contribution in [1.29, 1.82) is 0 Å². The Kier molecular flexibility index (Phi) is 5.71. The molecule has 2 aliphatic heterocycles. The minimum absolute atomic E-state index is 0.283. The molecule has 2 heterocycles. The van der Waals surface area contributed by atoms with Gasteiger partial charge in [-0.2, -0.15) is 0 Å². The van der Waals surface area contributed by atoms with Gasteiger partial charge in [-0.3, -0.25) is 4.90 Å². The van der Waals surface area contributed by atoms with Gasteiger partial charge in [0.05, 0.1) is 19.3 Å². The maximum atomic E-state index is 5.75. The van der Waals surface area contributed by atoms with Crippen molar-refractivity contribution in [3.05, 3.63) is 0 Å². The SMILES string of the molecule is CCN1CCOC(COCCC2CCNC2)C1. The molecule has 0 aromatic rings. The van der Waals surface area contributed by atoms with Crippen molar-refractivity contribution in [2.24, 2.45) is 5.92 Å². The number of morpholine rings is 1. The van der Waals surface area contributed by atoms with Gasteiger partial charge in [-0.25, -0.2) is 0 Å². The van der Waals surface area contributed by atoms with E-state index in [4.69, 9.17) is 9.47 Å². The normalized spacial score (nSPS) is 30.9. The van der Waals surface area contributed by atoms with E-state index in [0.717, 1.165) is 45.4 Å². The van der Waals surface area contributed by atoms with Crippen molar-refractivity contribution in [2.75, 3.05) is 52.5 Å². The molecule has 2 fully saturated rings. The third kappa shape index (κ3) is 4.54. The first kappa shape index (κ1) is 13.3. The Morgan fingerprint density at radius 2 is 2.41 bits per heavy atom. The van der Waals surface area contributed by atoms with Crippen LogP contribution in [0.1, 0.15) is 19.8 Å². The summed E-state index contributed by atoms with van der Waals surface area (Å²) in [6.45, 7) is 10.3. The average molecular weight is 242 g/mol. The van der Waals surface area contributed by atoms with Crippen LogP contribution in [0, 0.1) is 5.92 Å². The highest BCUT2D eigenvalue weighted by Crippen LogP contribution is 2.12. The van der Waals surface area contributed by atoms with Crippen LogP contribution in [0.5, 0.6) is 0 Å². The zero-order valence-corrected chi connectivity index (χ0v) is 11.0. The van der Waals surface area contributed by atoms with Crippen LogP contribution in [0.3, 0.4) is 0 Å². The van der Waals surface area contributed by atoms with Crippen LogP contribution in [0.15, 0.2) is 0 Å². The van der Waals surface area contributed by atoms with Crippen LogP contribution in [0.25, 0.3) is 0 Å². The quantitative estimate of drug-likeness (QED) is 0.696. The van der Waals surface area contributed by atoms with E-state index in [9.17, 15) is 0 Å². The summed E-state index contributed by atoms with van der Waals surface area (Å²) in [6.07, 6.45) is 2.79. The van der Waals surface area contributed by atoms with Gasteiger partial charge in [-0.15, -0.1) is 0 Å². The molecule has 17 heavy (non-hydrogen) atoms. The zero-order valence-electron chi connectivity index (χ0n) is 11.0. The molecule has 0 amide bonds. The molecule has 4 heteroatoms. The summed E-state index contributed by atoms with van der Waals surface area (Å²) >= 11 is 0. The molecule has 0 aromatic heterocycles. The molecule has 0 aromatic carbocycles. The van der Waals surface area contributed by atoms with E-state index < -0.39 is 0 Å². The Morgan fingerprint density at radius 1 is 1.47 bits per heavy atom. The van der Waals surface area contributed by atoms with Crippen molar-refractivity contribution < 1.29 is 9.47 Å². The van der Waals surface area contributed by atoms with Gasteiger partial charge in [0.2, 0.25) is 0 Å². The van der Waals surface area contributed by atoms with Gasteiger partial charge in [-0.05, 0) is 38.4 Å². The summed E-state index contributed by atoms with van der Waals surface area (Å²) in [6, 6.07) is 0. The van der Waals surface area contributed by atoms with Gasteiger partial charge < -0.3 is 14.8 Å². The largest absolute Gasteiger partial charge is 0.379 e. The highest BCUT2D eigenvalue weighted by Gasteiger charge is 2.19. The molecule has 2 aliphatic rings. The molecule has 0 radical (unpaired) electrons. The molecule has 100 valence electrons. The van der Waals surface area contributed by atoms with E-state index in [1.807, 2.05) is 0 Å². The molecular formula is C13H26N2O2. The second-order valence-electron chi connectivity index (χ2n) is 5.11. The minimum Gasteiger partial charge on any atom is -0.379 e. The van der Waals surface area contributed by atoms with E-state index in [2.05, 4.69) is 17.1 Å². The fourth-order valence-electron chi connectivity index (χ4n) is 2.59. The summed E-state index contributed by atoms with van der Waals surface area (Å²) in [5, 5.41) is 3.39. The fourth-order valence-corrected chi connectivity index (χ4v) is 2.59. The number of nitrogens with one attached hydrogen (secondary N) is 1. The lowest BCUT2D eigenvalue weighted by molar-refractivity contribution is -0.0689. The Bertz CT molecular complexity index is 208. The molecule has 2 rings (SSSR count). The Labute approximate surface area is 105 Å². The standard InChI is InChI=1S/C13H26N2O2/c1-2-15-6-8-17-13(10-15)11-16-7-4-12-3-5-14-9-12/h12-14H,2-11H2,1H3. The maximum absolute atomic E-state index is 5.75. The molecule has 4 nitrogen and oxygen atoms in total. The predicted molar refractivity (Wildman–Crippen MR) is 68.3 cm³/mol. The van der Waals surface area contributed by atoms with E-state index >= 15 is 0 Å². The van der Waals surface area contributed by atoms with E-state index in [1.165, 1.54) is 25.9 Å². The number of ether oxygens (including phenoxy) is 2. The smallest absolute Gasteiger partial charge is 0.0935 e. The summed E-state index contributed by atoms with van der Waals surface area (Å²) in [7, 11) is 0. The molecule has 2 saturated heterocycles.